The van der Waals surface area contributed by atoms with Crippen molar-refractivity contribution in [1.29, 1.82) is 0 Å². The highest BCUT2D eigenvalue weighted by Gasteiger charge is 2.49. The van der Waals surface area contributed by atoms with Gasteiger partial charge >= 0.3 is 0 Å². The zero-order chi connectivity index (χ0) is 24.7. The Labute approximate surface area is 215 Å². The summed E-state index contributed by atoms with van der Waals surface area (Å²) in [6.45, 7) is 7.99. The van der Waals surface area contributed by atoms with Crippen LogP contribution in [0.3, 0.4) is 0 Å². The fourth-order valence-corrected chi connectivity index (χ4v) is 6.53. The topological polar surface area (TPSA) is 45.2 Å². The average molecular weight is 480 g/mol. The van der Waals surface area contributed by atoms with Crippen LogP contribution in [0.4, 0.5) is 0 Å². The van der Waals surface area contributed by atoms with E-state index in [0.29, 0.717) is 18.5 Å². The number of nitrogens with zero attached hydrogens (tertiary/aromatic N) is 2. The summed E-state index contributed by atoms with van der Waals surface area (Å²) in [6.07, 6.45) is 9.63. The first kappa shape index (κ1) is 23.4. The molecule has 3 aromatic rings. The van der Waals surface area contributed by atoms with Gasteiger partial charge in [0, 0.05) is 37.1 Å². The third kappa shape index (κ3) is 4.48. The second-order valence-corrected chi connectivity index (χ2v) is 11.5. The van der Waals surface area contributed by atoms with Crippen LogP contribution in [-0.2, 0) is 18.3 Å². The number of pyridine rings is 1. The third-order valence-electron chi connectivity index (χ3n) is 9.22. The van der Waals surface area contributed by atoms with Crippen LogP contribution in [0.25, 0.3) is 11.1 Å². The van der Waals surface area contributed by atoms with Crippen LogP contribution >= 0.6 is 0 Å². The number of piperidine rings is 1. The minimum atomic E-state index is 0.0364. The second kappa shape index (κ2) is 9.48. The highest BCUT2D eigenvalue weighted by molar-refractivity contribution is 5.94. The number of benzene rings is 2. The molecule has 3 atom stereocenters. The molecular weight excluding hydrogens is 442 g/mol. The van der Waals surface area contributed by atoms with E-state index in [0.717, 1.165) is 35.4 Å². The number of likely N-dealkylation sites (tertiary alicyclic amines) is 1. The molecule has 4 heteroatoms. The molecule has 1 aromatic heterocycles. The van der Waals surface area contributed by atoms with Gasteiger partial charge in [0.25, 0.3) is 5.91 Å². The Morgan fingerprint density at radius 2 is 1.94 bits per heavy atom. The van der Waals surface area contributed by atoms with Gasteiger partial charge in [-0.15, -0.1) is 0 Å². The molecule has 1 saturated carbocycles. The summed E-state index contributed by atoms with van der Waals surface area (Å²) in [5.41, 5.74) is 7.32. The predicted molar refractivity (Wildman–Crippen MR) is 145 cm³/mol. The van der Waals surface area contributed by atoms with Gasteiger partial charge < -0.3 is 5.32 Å². The molecule has 2 fully saturated rings. The number of carbonyl (C=O) groups excluding carboxylic acids is 1. The van der Waals surface area contributed by atoms with Crippen molar-refractivity contribution >= 4 is 5.91 Å². The van der Waals surface area contributed by atoms with Crippen LogP contribution in [0.2, 0.25) is 0 Å². The summed E-state index contributed by atoms with van der Waals surface area (Å²) in [6, 6.07) is 19.7. The van der Waals surface area contributed by atoms with E-state index in [-0.39, 0.29) is 11.3 Å². The average Bonchev–Trinajstić information content (AvgIpc) is 3.73. The van der Waals surface area contributed by atoms with Crippen LogP contribution in [-0.4, -0.2) is 41.5 Å². The van der Waals surface area contributed by atoms with Crippen LogP contribution < -0.4 is 5.32 Å². The molecule has 6 rings (SSSR count). The standard InChI is InChI=1S/C32H37N3O/c1-22-30-19-26-11-12-27(18-29(26)32(22,2)14-17-35(30)21-24-5-6-24)31(36)34-16-13-23-7-9-25(10-8-23)28-4-3-15-33-20-28/h3-4,7-12,15,18,20,22,24,30H,5-6,13-14,16-17,19,21H2,1-2H3,(H,34,36)/t22-,30-,32-/m0/s1. The van der Waals surface area contributed by atoms with Crippen LogP contribution in [0.1, 0.15) is 60.2 Å². The van der Waals surface area contributed by atoms with Crippen molar-refractivity contribution in [2.24, 2.45) is 11.8 Å². The van der Waals surface area contributed by atoms with Crippen molar-refractivity contribution in [1.82, 2.24) is 15.2 Å². The zero-order valence-corrected chi connectivity index (χ0v) is 21.5. The second-order valence-electron chi connectivity index (χ2n) is 11.5. The summed E-state index contributed by atoms with van der Waals surface area (Å²) in [5, 5.41) is 3.16. The number of rotatable bonds is 7. The molecule has 0 unspecified atom stereocenters. The molecule has 3 aliphatic rings. The molecule has 186 valence electrons. The summed E-state index contributed by atoms with van der Waals surface area (Å²) in [4.78, 5) is 20.0. The SMILES string of the molecule is C[C@H]1[C@@H]2Cc3ccc(C(=O)NCCc4ccc(-c5cccnc5)cc4)cc3[C@@]1(C)CCN2CC1CC1. The van der Waals surface area contributed by atoms with E-state index in [2.05, 4.69) is 71.5 Å². The predicted octanol–water partition coefficient (Wildman–Crippen LogP) is 5.66. The van der Waals surface area contributed by atoms with Gasteiger partial charge in [-0.1, -0.05) is 50.2 Å². The molecule has 1 aliphatic heterocycles. The van der Waals surface area contributed by atoms with E-state index in [4.69, 9.17) is 0 Å². The number of nitrogens with one attached hydrogen (secondary N) is 1. The normalized spacial score (nSPS) is 25.3. The van der Waals surface area contributed by atoms with Crippen LogP contribution in [0.5, 0.6) is 0 Å². The highest BCUT2D eigenvalue weighted by Crippen LogP contribution is 2.49. The van der Waals surface area contributed by atoms with Gasteiger partial charge in [0.1, 0.15) is 0 Å². The summed E-state index contributed by atoms with van der Waals surface area (Å²) in [5.74, 6) is 1.59. The first-order valence-electron chi connectivity index (χ1n) is 13.7. The fourth-order valence-electron chi connectivity index (χ4n) is 6.53. The Kier molecular flexibility index (Phi) is 6.17. The number of carbonyl (C=O) groups is 1. The van der Waals surface area contributed by atoms with E-state index in [1.807, 2.05) is 18.3 Å². The van der Waals surface area contributed by atoms with Crippen molar-refractivity contribution < 1.29 is 4.79 Å². The monoisotopic (exact) mass is 479 g/mol. The number of aromatic nitrogens is 1. The fraction of sp³-hybridized carbons (Fsp3) is 0.438. The van der Waals surface area contributed by atoms with E-state index in [9.17, 15) is 4.79 Å². The van der Waals surface area contributed by atoms with Gasteiger partial charge in [-0.25, -0.2) is 0 Å². The van der Waals surface area contributed by atoms with Crippen molar-refractivity contribution in [2.45, 2.75) is 57.4 Å². The first-order chi connectivity index (χ1) is 17.5. The number of hydrogen-bond acceptors (Lipinski definition) is 3. The highest BCUT2D eigenvalue weighted by atomic mass is 16.1. The molecule has 1 amide bonds. The third-order valence-corrected chi connectivity index (χ3v) is 9.22. The van der Waals surface area contributed by atoms with Gasteiger partial charge in [-0.05, 0) is 102 Å². The maximum atomic E-state index is 13.1. The van der Waals surface area contributed by atoms with Crippen molar-refractivity contribution in [3.63, 3.8) is 0 Å². The smallest absolute Gasteiger partial charge is 0.251 e. The van der Waals surface area contributed by atoms with E-state index in [1.54, 1.807) is 6.20 Å². The summed E-state index contributed by atoms with van der Waals surface area (Å²) >= 11 is 0. The quantitative estimate of drug-likeness (QED) is 0.476. The van der Waals surface area contributed by atoms with Gasteiger partial charge in [-0.2, -0.15) is 0 Å². The lowest BCUT2D eigenvalue weighted by Crippen LogP contribution is -2.58. The first-order valence-corrected chi connectivity index (χ1v) is 13.7. The van der Waals surface area contributed by atoms with Crippen molar-refractivity contribution in [3.8, 4) is 11.1 Å². The molecule has 4 nitrogen and oxygen atoms in total. The number of hydrogen-bond donors (Lipinski definition) is 1. The Morgan fingerprint density at radius 1 is 1.11 bits per heavy atom. The molecule has 2 bridgehead atoms. The van der Waals surface area contributed by atoms with Gasteiger partial charge in [0.2, 0.25) is 0 Å². The maximum absolute atomic E-state index is 13.1. The lowest BCUT2D eigenvalue weighted by atomic mass is 9.59. The van der Waals surface area contributed by atoms with Gasteiger partial charge in [0.05, 0.1) is 0 Å². The van der Waals surface area contributed by atoms with E-state index in [1.165, 1.54) is 49.0 Å². The molecule has 0 spiro atoms. The maximum Gasteiger partial charge on any atom is 0.251 e. The molecule has 2 heterocycles. The molecule has 36 heavy (non-hydrogen) atoms. The zero-order valence-electron chi connectivity index (χ0n) is 21.5. The molecule has 1 N–H and O–H groups in total. The van der Waals surface area contributed by atoms with Gasteiger partial charge in [0.15, 0.2) is 0 Å². The minimum absolute atomic E-state index is 0.0364. The Bertz CT molecular complexity index is 1230. The van der Waals surface area contributed by atoms with Crippen LogP contribution in [0.15, 0.2) is 67.0 Å². The minimum Gasteiger partial charge on any atom is -0.352 e. The van der Waals surface area contributed by atoms with Gasteiger partial charge in [-0.3, -0.25) is 14.7 Å². The molecular formula is C32H37N3O. The van der Waals surface area contributed by atoms with E-state index >= 15 is 0 Å². The summed E-state index contributed by atoms with van der Waals surface area (Å²) in [7, 11) is 0. The lowest BCUT2D eigenvalue weighted by molar-refractivity contribution is 0.0284. The molecule has 1 saturated heterocycles. The lowest BCUT2D eigenvalue weighted by Gasteiger charge is -2.55. The Balaban J connectivity index is 1.10. The number of amides is 1. The van der Waals surface area contributed by atoms with Crippen molar-refractivity contribution in [3.05, 3.63) is 89.2 Å². The van der Waals surface area contributed by atoms with Crippen molar-refractivity contribution in [2.75, 3.05) is 19.6 Å². The van der Waals surface area contributed by atoms with E-state index < -0.39 is 0 Å². The Morgan fingerprint density at radius 3 is 2.69 bits per heavy atom. The molecule has 0 radical (unpaired) electrons. The van der Waals surface area contributed by atoms with Crippen LogP contribution in [0, 0.1) is 11.8 Å². The molecule has 2 aliphatic carbocycles. The largest absolute Gasteiger partial charge is 0.352 e. The molecule has 2 aromatic carbocycles. The summed E-state index contributed by atoms with van der Waals surface area (Å²) < 4.78 is 0. The number of fused-ring (bicyclic) bond motifs is 4. The Hall–Kier alpha value is -2.98.